The molecule has 114 valence electrons. The molecule has 2 heterocycles. The Morgan fingerprint density at radius 3 is 2.85 bits per heavy atom. The number of aromatic nitrogens is 2. The Kier molecular flexibility index (Phi) is 4.48. The Hall–Kier alpha value is -0.960. The van der Waals surface area contributed by atoms with E-state index in [1.54, 1.807) is 0 Å². The lowest BCUT2D eigenvalue weighted by molar-refractivity contribution is 0.178. The van der Waals surface area contributed by atoms with Gasteiger partial charge >= 0.3 is 0 Å². The van der Waals surface area contributed by atoms with Gasteiger partial charge in [-0.2, -0.15) is 5.10 Å². The van der Waals surface area contributed by atoms with Crippen LogP contribution in [0.1, 0.15) is 31.5 Å². The summed E-state index contributed by atoms with van der Waals surface area (Å²) in [6.45, 7) is 7.84. The lowest BCUT2D eigenvalue weighted by atomic mass is 10.0. The molecule has 1 aromatic heterocycles. The van der Waals surface area contributed by atoms with Crippen LogP contribution in [0.25, 0.3) is 0 Å². The summed E-state index contributed by atoms with van der Waals surface area (Å²) < 4.78 is 33.0. The molecule has 8 heteroatoms. The van der Waals surface area contributed by atoms with Gasteiger partial charge in [-0.15, -0.1) is 0 Å². The number of sulfonamides is 1. The highest BCUT2D eigenvalue weighted by Crippen LogP contribution is 2.23. The third-order valence-corrected chi connectivity index (χ3v) is 5.05. The smallest absolute Gasteiger partial charge is 0.260 e. The molecule has 0 aliphatic carbocycles. The first-order valence-electron chi connectivity index (χ1n) is 6.74. The highest BCUT2D eigenvalue weighted by Gasteiger charge is 2.36. The molecule has 1 atom stereocenters. The molecule has 20 heavy (non-hydrogen) atoms. The Labute approximate surface area is 119 Å². The fourth-order valence-electron chi connectivity index (χ4n) is 2.23. The highest BCUT2D eigenvalue weighted by molar-refractivity contribution is 7.89. The van der Waals surface area contributed by atoms with Gasteiger partial charge in [0.1, 0.15) is 0 Å². The van der Waals surface area contributed by atoms with Gasteiger partial charge in [0.2, 0.25) is 0 Å². The summed E-state index contributed by atoms with van der Waals surface area (Å²) in [6.07, 6.45) is 0.665. The predicted octanol–water partition coefficient (Wildman–Crippen LogP) is 0.285. The zero-order valence-electron chi connectivity index (χ0n) is 12.1. The summed E-state index contributed by atoms with van der Waals surface area (Å²) in [7, 11) is -3.65. The van der Waals surface area contributed by atoms with Crippen molar-refractivity contribution in [3.05, 3.63) is 11.3 Å². The Balaban J connectivity index is 2.25. The zero-order valence-corrected chi connectivity index (χ0v) is 12.9. The van der Waals surface area contributed by atoms with Crippen molar-refractivity contribution in [3.63, 3.8) is 0 Å². The van der Waals surface area contributed by atoms with E-state index in [-0.39, 0.29) is 5.03 Å². The first-order valence-corrected chi connectivity index (χ1v) is 8.22. The summed E-state index contributed by atoms with van der Waals surface area (Å²) in [5, 5.41) is 9.91. The van der Waals surface area contributed by atoms with E-state index in [9.17, 15) is 8.42 Å². The van der Waals surface area contributed by atoms with Gasteiger partial charge in [0.25, 0.3) is 10.0 Å². The van der Waals surface area contributed by atoms with Crippen LogP contribution < -0.4 is 10.0 Å². The van der Waals surface area contributed by atoms with E-state index in [0.29, 0.717) is 31.7 Å². The Bertz CT molecular complexity index is 561. The second-order valence-corrected chi connectivity index (χ2v) is 6.98. The number of ether oxygens (including phenoxy) is 1. The van der Waals surface area contributed by atoms with E-state index in [4.69, 9.17) is 4.74 Å². The molecule has 0 bridgehead atoms. The average Bonchev–Trinajstić information content (AvgIpc) is 2.93. The number of nitrogens with one attached hydrogen (secondary N) is 3. The van der Waals surface area contributed by atoms with E-state index >= 15 is 0 Å². The summed E-state index contributed by atoms with van der Waals surface area (Å²) in [5.74, 6) is 0. The number of aromatic amines is 1. The van der Waals surface area contributed by atoms with Gasteiger partial charge < -0.3 is 10.1 Å². The van der Waals surface area contributed by atoms with Crippen LogP contribution in [0.4, 0.5) is 0 Å². The first kappa shape index (κ1) is 15.4. The maximum absolute atomic E-state index is 12.5. The zero-order chi connectivity index (χ0) is 14.8. The number of hydrogen-bond donors (Lipinski definition) is 3. The minimum absolute atomic E-state index is 0.0732. The molecular formula is C12H22N4O3S. The quantitative estimate of drug-likeness (QED) is 0.701. The number of rotatable bonds is 6. The summed E-state index contributed by atoms with van der Waals surface area (Å²) >= 11 is 0. The summed E-state index contributed by atoms with van der Waals surface area (Å²) in [4.78, 5) is 0. The standard InChI is InChI=1S/C12H22N4O3S/c1-4-13-7-10-9(2)14-15-11(10)20(17,18)16-12(3)5-6-19-8-12/h13,16H,4-8H2,1-3H3,(H,14,15). The number of nitrogens with zero attached hydrogens (tertiary/aromatic N) is 1. The maximum atomic E-state index is 12.5. The van der Waals surface area contributed by atoms with Gasteiger partial charge in [-0.1, -0.05) is 6.92 Å². The van der Waals surface area contributed by atoms with Crippen molar-refractivity contribution in [2.45, 2.75) is 44.3 Å². The minimum atomic E-state index is -3.65. The molecule has 7 nitrogen and oxygen atoms in total. The van der Waals surface area contributed by atoms with E-state index in [2.05, 4.69) is 20.2 Å². The molecule has 0 radical (unpaired) electrons. The topological polar surface area (TPSA) is 96.1 Å². The van der Waals surface area contributed by atoms with Gasteiger partial charge in [-0.3, -0.25) is 5.10 Å². The fourth-order valence-corrected chi connectivity index (χ4v) is 3.85. The molecule has 0 aromatic carbocycles. The van der Waals surface area contributed by atoms with E-state index in [0.717, 1.165) is 12.2 Å². The molecule has 1 aliphatic heterocycles. The SMILES string of the molecule is CCNCc1c(S(=O)(=O)NC2(C)CCOC2)n[nH]c1C. The molecule has 1 saturated heterocycles. The molecule has 0 spiro atoms. The van der Waals surface area contributed by atoms with Crippen LogP contribution in [-0.4, -0.2) is 43.9 Å². The van der Waals surface area contributed by atoms with Gasteiger partial charge in [-0.25, -0.2) is 13.1 Å². The predicted molar refractivity (Wildman–Crippen MR) is 74.9 cm³/mol. The van der Waals surface area contributed by atoms with Crippen LogP contribution in [0.2, 0.25) is 0 Å². The third kappa shape index (κ3) is 3.20. The monoisotopic (exact) mass is 302 g/mol. The Morgan fingerprint density at radius 1 is 1.50 bits per heavy atom. The third-order valence-electron chi connectivity index (χ3n) is 3.44. The molecule has 1 aliphatic rings. The van der Waals surface area contributed by atoms with Crippen molar-refractivity contribution in [2.75, 3.05) is 19.8 Å². The maximum Gasteiger partial charge on any atom is 0.260 e. The number of hydrogen-bond acceptors (Lipinski definition) is 5. The van der Waals surface area contributed by atoms with Crippen molar-refractivity contribution >= 4 is 10.0 Å². The van der Waals surface area contributed by atoms with Gasteiger partial charge in [-0.05, 0) is 26.8 Å². The summed E-state index contributed by atoms with van der Waals surface area (Å²) in [5.41, 5.74) is 0.891. The molecule has 1 fully saturated rings. The van der Waals surface area contributed by atoms with Crippen molar-refractivity contribution < 1.29 is 13.2 Å². The highest BCUT2D eigenvalue weighted by atomic mass is 32.2. The number of aryl methyl sites for hydroxylation is 1. The molecule has 2 rings (SSSR count). The van der Waals surface area contributed by atoms with Gasteiger partial charge in [0.15, 0.2) is 5.03 Å². The molecule has 0 amide bonds. The Morgan fingerprint density at radius 2 is 2.25 bits per heavy atom. The van der Waals surface area contributed by atoms with Crippen LogP contribution in [0.5, 0.6) is 0 Å². The normalized spacial score (nSPS) is 23.4. The molecule has 1 aromatic rings. The van der Waals surface area contributed by atoms with Crippen LogP contribution in [0, 0.1) is 6.92 Å². The van der Waals surface area contributed by atoms with E-state index < -0.39 is 15.6 Å². The summed E-state index contributed by atoms with van der Waals surface area (Å²) in [6, 6.07) is 0. The minimum Gasteiger partial charge on any atom is -0.379 e. The van der Waals surface area contributed by atoms with Gasteiger partial charge in [0.05, 0.1) is 12.1 Å². The average molecular weight is 302 g/mol. The van der Waals surface area contributed by atoms with Crippen LogP contribution >= 0.6 is 0 Å². The van der Waals surface area contributed by atoms with Crippen molar-refractivity contribution in [2.24, 2.45) is 0 Å². The van der Waals surface area contributed by atoms with Crippen LogP contribution in [0.3, 0.4) is 0 Å². The number of H-pyrrole nitrogens is 1. The lowest BCUT2D eigenvalue weighted by Gasteiger charge is -2.22. The molecule has 0 saturated carbocycles. The van der Waals surface area contributed by atoms with Crippen molar-refractivity contribution in [1.82, 2.24) is 20.2 Å². The molecule has 1 unspecified atom stereocenters. The molecular weight excluding hydrogens is 280 g/mol. The largest absolute Gasteiger partial charge is 0.379 e. The second-order valence-electron chi connectivity index (χ2n) is 5.38. The molecule has 3 N–H and O–H groups in total. The lowest BCUT2D eigenvalue weighted by Crippen LogP contribution is -2.46. The van der Waals surface area contributed by atoms with Crippen molar-refractivity contribution in [3.8, 4) is 0 Å². The van der Waals surface area contributed by atoms with Crippen LogP contribution in [0.15, 0.2) is 5.03 Å². The first-order chi connectivity index (χ1) is 9.38. The van der Waals surface area contributed by atoms with E-state index in [1.165, 1.54) is 0 Å². The van der Waals surface area contributed by atoms with E-state index in [1.807, 2.05) is 20.8 Å². The second kappa shape index (κ2) is 5.80. The van der Waals surface area contributed by atoms with Crippen LogP contribution in [-0.2, 0) is 21.3 Å². The van der Waals surface area contributed by atoms with Crippen molar-refractivity contribution in [1.29, 1.82) is 0 Å². The van der Waals surface area contributed by atoms with Gasteiger partial charge in [0, 0.05) is 24.4 Å². The fraction of sp³-hybridized carbons (Fsp3) is 0.750.